The molecule has 0 fully saturated rings. The number of anilines is 1. The summed E-state index contributed by atoms with van der Waals surface area (Å²) >= 11 is 0. The van der Waals surface area contributed by atoms with Gasteiger partial charge in [-0.15, -0.1) is 0 Å². The highest BCUT2D eigenvalue weighted by Crippen LogP contribution is 2.25. The van der Waals surface area contributed by atoms with Gasteiger partial charge in [-0.3, -0.25) is 0 Å². The van der Waals surface area contributed by atoms with Crippen LogP contribution in [0.25, 0.3) is 0 Å². The summed E-state index contributed by atoms with van der Waals surface area (Å²) in [4.78, 5) is 1.90. The van der Waals surface area contributed by atoms with Gasteiger partial charge in [0.05, 0.1) is 11.8 Å². The van der Waals surface area contributed by atoms with Crippen molar-refractivity contribution < 1.29 is 13.5 Å². The van der Waals surface area contributed by atoms with Crippen molar-refractivity contribution >= 4 is 15.7 Å². The molecule has 0 aliphatic carbocycles. The smallest absolute Gasteiger partial charge is 0.240 e. The highest BCUT2D eigenvalue weighted by atomic mass is 32.2. The fourth-order valence-corrected chi connectivity index (χ4v) is 3.81. The molecule has 0 radical (unpaired) electrons. The number of rotatable bonds is 9. The molecule has 0 unspecified atom stereocenters. The molecule has 0 aliphatic rings. The standard InChI is InChI=1S/C20H29N3O3S/c1-15(2)13-23(18-10-6-7-11-20(18)27(22,25)26)14-19(24)17(21)12-16-8-4-3-5-9-16/h3-11,15,17,19,24H,12-14,21H2,1-2H3,(H2,22,25,26)/t17-,19+/m0/s1. The zero-order chi connectivity index (χ0) is 20.0. The fraction of sp³-hybridized carbons (Fsp3) is 0.400. The number of hydrogen-bond donors (Lipinski definition) is 3. The second kappa shape index (κ2) is 9.32. The Morgan fingerprint density at radius 3 is 2.19 bits per heavy atom. The minimum atomic E-state index is -3.87. The largest absolute Gasteiger partial charge is 0.390 e. The average molecular weight is 392 g/mol. The van der Waals surface area contributed by atoms with Crippen LogP contribution in [0.5, 0.6) is 0 Å². The number of nitrogens with two attached hydrogens (primary N) is 2. The topological polar surface area (TPSA) is 110 Å². The number of nitrogens with zero attached hydrogens (tertiary/aromatic N) is 1. The molecule has 0 saturated heterocycles. The molecule has 2 aromatic rings. The Morgan fingerprint density at radius 1 is 1.00 bits per heavy atom. The van der Waals surface area contributed by atoms with E-state index in [1.807, 2.05) is 49.1 Å². The van der Waals surface area contributed by atoms with Crippen LogP contribution in [0.4, 0.5) is 5.69 Å². The van der Waals surface area contributed by atoms with Crippen molar-refractivity contribution in [2.45, 2.75) is 37.3 Å². The summed E-state index contributed by atoms with van der Waals surface area (Å²) in [5.74, 6) is 0.260. The maximum absolute atomic E-state index is 12.0. The quantitative estimate of drug-likeness (QED) is 0.603. The van der Waals surface area contributed by atoms with Crippen LogP contribution in [0, 0.1) is 5.92 Å². The van der Waals surface area contributed by atoms with Crippen LogP contribution in [-0.2, 0) is 16.4 Å². The molecule has 0 saturated carbocycles. The Kier molecular flexibility index (Phi) is 7.38. The molecule has 2 rings (SSSR count). The normalized spacial score (nSPS) is 14.1. The molecule has 2 atom stereocenters. The van der Waals surface area contributed by atoms with Crippen LogP contribution in [-0.4, -0.2) is 38.8 Å². The van der Waals surface area contributed by atoms with Gasteiger partial charge in [0, 0.05) is 19.1 Å². The lowest BCUT2D eigenvalue weighted by molar-refractivity contribution is 0.148. The Morgan fingerprint density at radius 2 is 1.59 bits per heavy atom. The van der Waals surface area contributed by atoms with Gasteiger partial charge in [-0.05, 0) is 30.0 Å². The minimum Gasteiger partial charge on any atom is -0.390 e. The molecular weight excluding hydrogens is 362 g/mol. The van der Waals surface area contributed by atoms with Crippen LogP contribution in [0.1, 0.15) is 19.4 Å². The number of primary sulfonamides is 1. The fourth-order valence-electron chi connectivity index (χ4n) is 3.05. The molecular formula is C20H29N3O3S. The second-order valence-electron chi connectivity index (χ2n) is 7.23. The summed E-state index contributed by atoms with van der Waals surface area (Å²) in [6.07, 6.45) is -0.286. The van der Waals surface area contributed by atoms with E-state index < -0.39 is 22.2 Å². The predicted octanol–water partition coefficient (Wildman–Crippen LogP) is 1.73. The molecule has 0 bridgehead atoms. The van der Waals surface area contributed by atoms with Crippen LogP contribution < -0.4 is 15.8 Å². The molecule has 27 heavy (non-hydrogen) atoms. The number of aliphatic hydroxyl groups excluding tert-OH is 1. The van der Waals surface area contributed by atoms with E-state index in [2.05, 4.69) is 0 Å². The van der Waals surface area contributed by atoms with Crippen LogP contribution in [0.3, 0.4) is 0 Å². The van der Waals surface area contributed by atoms with Crippen LogP contribution in [0.2, 0.25) is 0 Å². The van der Waals surface area contributed by atoms with Crippen molar-refractivity contribution in [3.8, 4) is 0 Å². The van der Waals surface area contributed by atoms with E-state index in [0.717, 1.165) is 5.56 Å². The van der Waals surface area contributed by atoms with Crippen molar-refractivity contribution in [3.05, 3.63) is 60.2 Å². The molecule has 2 aromatic carbocycles. The summed E-state index contributed by atoms with van der Waals surface area (Å²) < 4.78 is 23.9. The van der Waals surface area contributed by atoms with Gasteiger partial charge in [0.1, 0.15) is 4.90 Å². The van der Waals surface area contributed by atoms with Gasteiger partial charge in [0.25, 0.3) is 0 Å². The van der Waals surface area contributed by atoms with Gasteiger partial charge in [0.2, 0.25) is 10.0 Å². The average Bonchev–Trinajstić information content (AvgIpc) is 2.61. The first kappa shape index (κ1) is 21.4. The number of aliphatic hydroxyl groups is 1. The third kappa shape index (κ3) is 6.32. The summed E-state index contributed by atoms with van der Waals surface area (Å²) in [5, 5.41) is 16.0. The monoisotopic (exact) mass is 391 g/mol. The first-order valence-corrected chi connectivity index (χ1v) is 10.6. The predicted molar refractivity (Wildman–Crippen MR) is 109 cm³/mol. The van der Waals surface area contributed by atoms with Crippen molar-refractivity contribution in [1.82, 2.24) is 0 Å². The van der Waals surface area contributed by atoms with Crippen molar-refractivity contribution in [1.29, 1.82) is 0 Å². The molecule has 148 valence electrons. The zero-order valence-electron chi connectivity index (χ0n) is 15.8. The lowest BCUT2D eigenvalue weighted by atomic mass is 10.0. The molecule has 6 nitrogen and oxygen atoms in total. The summed E-state index contributed by atoms with van der Waals surface area (Å²) in [7, 11) is -3.87. The second-order valence-corrected chi connectivity index (χ2v) is 8.76. The van der Waals surface area contributed by atoms with E-state index in [1.54, 1.807) is 18.2 Å². The summed E-state index contributed by atoms with van der Waals surface area (Å²) in [5.41, 5.74) is 7.74. The van der Waals surface area contributed by atoms with Gasteiger partial charge < -0.3 is 15.7 Å². The number of para-hydroxylation sites is 1. The lowest BCUT2D eigenvalue weighted by Crippen LogP contribution is -2.46. The van der Waals surface area contributed by atoms with Crippen molar-refractivity contribution in [2.75, 3.05) is 18.0 Å². The van der Waals surface area contributed by atoms with Gasteiger partial charge in [-0.25, -0.2) is 13.6 Å². The first-order valence-electron chi connectivity index (χ1n) is 9.03. The summed E-state index contributed by atoms with van der Waals surface area (Å²) in [6, 6.07) is 15.8. The molecule has 0 spiro atoms. The number of benzene rings is 2. The van der Waals surface area contributed by atoms with Crippen LogP contribution >= 0.6 is 0 Å². The molecule has 0 heterocycles. The third-order valence-corrected chi connectivity index (χ3v) is 5.27. The lowest BCUT2D eigenvalue weighted by Gasteiger charge is -2.32. The Bertz CT molecular complexity index is 825. The van der Waals surface area contributed by atoms with Gasteiger partial charge >= 0.3 is 0 Å². The van der Waals surface area contributed by atoms with Gasteiger partial charge in [-0.2, -0.15) is 0 Å². The maximum Gasteiger partial charge on any atom is 0.240 e. The number of hydrogen-bond acceptors (Lipinski definition) is 5. The SMILES string of the molecule is CC(C)CN(C[C@@H](O)[C@@H](N)Cc1ccccc1)c1ccccc1S(N)(=O)=O. The zero-order valence-corrected chi connectivity index (χ0v) is 16.6. The Labute approximate surface area is 161 Å². The Hall–Kier alpha value is -1.93. The van der Waals surface area contributed by atoms with Crippen molar-refractivity contribution in [2.24, 2.45) is 16.8 Å². The highest BCUT2D eigenvalue weighted by Gasteiger charge is 2.24. The van der Waals surface area contributed by atoms with E-state index >= 15 is 0 Å². The van der Waals surface area contributed by atoms with E-state index in [1.165, 1.54) is 6.07 Å². The van der Waals surface area contributed by atoms with Crippen LogP contribution in [0.15, 0.2) is 59.5 Å². The van der Waals surface area contributed by atoms with Gasteiger partial charge in [0.15, 0.2) is 0 Å². The Balaban J connectivity index is 2.22. The van der Waals surface area contributed by atoms with E-state index in [9.17, 15) is 13.5 Å². The molecule has 5 N–H and O–H groups in total. The molecule has 0 aromatic heterocycles. The van der Waals surface area contributed by atoms with Crippen molar-refractivity contribution in [3.63, 3.8) is 0 Å². The number of sulfonamides is 1. The minimum absolute atomic E-state index is 0.0504. The third-order valence-electron chi connectivity index (χ3n) is 4.31. The van der Waals surface area contributed by atoms with Gasteiger partial charge in [-0.1, -0.05) is 56.3 Å². The summed E-state index contributed by atoms with van der Waals surface area (Å²) in [6.45, 7) is 4.85. The molecule has 7 heteroatoms. The molecule has 0 aliphatic heterocycles. The van der Waals surface area contributed by atoms with E-state index in [4.69, 9.17) is 10.9 Å². The highest BCUT2D eigenvalue weighted by molar-refractivity contribution is 7.89. The first-order chi connectivity index (χ1) is 12.7. The molecule has 0 amide bonds. The van der Waals surface area contributed by atoms with E-state index in [0.29, 0.717) is 18.7 Å². The maximum atomic E-state index is 12.0. The van der Waals surface area contributed by atoms with E-state index in [-0.39, 0.29) is 17.4 Å².